The van der Waals surface area contributed by atoms with E-state index >= 15 is 0 Å². The highest BCUT2D eigenvalue weighted by molar-refractivity contribution is 9.10. The first kappa shape index (κ1) is 15.7. The molecule has 0 spiro atoms. The summed E-state index contributed by atoms with van der Waals surface area (Å²) >= 11 is 3.36. The van der Waals surface area contributed by atoms with E-state index in [0.717, 1.165) is 15.6 Å². The minimum Gasteiger partial charge on any atom is -0.394 e. The van der Waals surface area contributed by atoms with Crippen LogP contribution in [0.3, 0.4) is 0 Å². The third-order valence-electron chi connectivity index (χ3n) is 4.38. The molecule has 6 atom stereocenters. The molecule has 3 rings (SSSR count). The minimum absolute atomic E-state index is 0.0284. The van der Waals surface area contributed by atoms with E-state index in [9.17, 15) is 25.5 Å². The Bertz CT molecular complexity index is 668. The highest BCUT2D eigenvalue weighted by Gasteiger charge is 2.56. The van der Waals surface area contributed by atoms with E-state index in [-0.39, 0.29) is 6.42 Å². The van der Waals surface area contributed by atoms with Crippen LogP contribution in [0.1, 0.15) is 12.5 Å². The Labute approximate surface area is 143 Å². The molecule has 2 aliphatic rings. The summed E-state index contributed by atoms with van der Waals surface area (Å²) in [6.45, 7) is -0.670. The van der Waals surface area contributed by atoms with Crippen molar-refractivity contribution in [3.63, 3.8) is 0 Å². The normalized spacial score (nSPS) is 43.8. The van der Waals surface area contributed by atoms with Gasteiger partial charge in [-0.05, 0) is 29.7 Å². The Balaban J connectivity index is 1.99. The quantitative estimate of drug-likeness (QED) is 0.480. The first-order valence-corrected chi connectivity index (χ1v) is 8.04. The second-order valence-electron chi connectivity index (χ2n) is 5.84. The Morgan fingerprint density at radius 3 is 2.74 bits per heavy atom. The van der Waals surface area contributed by atoms with Crippen molar-refractivity contribution < 1.29 is 31.6 Å². The van der Waals surface area contributed by atoms with Crippen LogP contribution < -0.4 is 0 Å². The van der Waals surface area contributed by atoms with E-state index in [1.54, 1.807) is 18.2 Å². The van der Waals surface area contributed by atoms with Gasteiger partial charge in [0.2, 0.25) is 5.79 Å². The monoisotopic (exact) mass is 387 g/mol. The number of rotatable bonds is 2. The van der Waals surface area contributed by atoms with Crippen molar-refractivity contribution in [2.24, 2.45) is 5.89 Å². The summed E-state index contributed by atoms with van der Waals surface area (Å²) in [4.78, 5) is 0. The maximum absolute atomic E-state index is 10.9. The first-order chi connectivity index (χ1) is 11.2. The van der Waals surface area contributed by atoms with Crippen LogP contribution in [-0.2, 0) is 11.2 Å². The molecule has 0 aromatic heterocycles. The van der Waals surface area contributed by atoms with Gasteiger partial charge in [-0.25, -0.2) is 0 Å². The van der Waals surface area contributed by atoms with Crippen molar-refractivity contribution in [3.05, 3.63) is 39.9 Å². The molecule has 7 heteroatoms. The molecule has 126 valence electrons. The van der Waals surface area contributed by atoms with E-state index in [1.807, 2.05) is 6.07 Å². The molecule has 1 aliphatic heterocycles. The molecule has 1 aromatic rings. The van der Waals surface area contributed by atoms with E-state index in [4.69, 9.17) is 6.11 Å². The van der Waals surface area contributed by atoms with Crippen LogP contribution in [0.25, 0.3) is 6.08 Å². The number of halogens is 1. The SMILES string of the molecule is [2H]C1(C2(O)O[C@H](CO)[C@H](O)[C@H](O)[C@H]2O)C=Cc2cc(Br)ccc2C1. The Morgan fingerprint density at radius 2 is 2.04 bits per heavy atom. The molecule has 2 unspecified atom stereocenters. The van der Waals surface area contributed by atoms with Crippen molar-refractivity contribution in [2.75, 3.05) is 6.61 Å². The molecule has 0 saturated carbocycles. The van der Waals surface area contributed by atoms with Gasteiger partial charge in [-0.15, -0.1) is 0 Å². The summed E-state index contributed by atoms with van der Waals surface area (Å²) in [5.74, 6) is -4.29. The van der Waals surface area contributed by atoms with Crippen LogP contribution in [0.4, 0.5) is 0 Å². The number of fused-ring (bicyclic) bond motifs is 1. The summed E-state index contributed by atoms with van der Waals surface area (Å²) < 4.78 is 14.8. The second kappa shape index (κ2) is 6.25. The van der Waals surface area contributed by atoms with E-state index in [2.05, 4.69) is 15.9 Å². The highest BCUT2D eigenvalue weighted by atomic mass is 79.9. The van der Waals surface area contributed by atoms with Crippen LogP contribution in [0.15, 0.2) is 28.7 Å². The number of benzene rings is 1. The fourth-order valence-corrected chi connectivity index (χ4v) is 3.38. The third kappa shape index (κ3) is 2.87. The van der Waals surface area contributed by atoms with Crippen molar-refractivity contribution in [2.45, 2.75) is 36.6 Å². The molecule has 0 bridgehead atoms. The van der Waals surface area contributed by atoms with Gasteiger partial charge in [0.1, 0.15) is 24.4 Å². The van der Waals surface area contributed by atoms with Gasteiger partial charge in [0, 0.05) is 11.7 Å². The fourth-order valence-electron chi connectivity index (χ4n) is 3.00. The van der Waals surface area contributed by atoms with E-state index in [1.165, 1.54) is 6.08 Å². The van der Waals surface area contributed by atoms with Crippen LogP contribution in [0.2, 0.25) is 0 Å². The molecule has 6 nitrogen and oxygen atoms in total. The molecule has 5 N–H and O–H groups in total. The lowest BCUT2D eigenvalue weighted by atomic mass is 9.78. The Hall–Kier alpha value is -0.800. The van der Waals surface area contributed by atoms with Crippen LogP contribution in [-0.4, -0.2) is 62.3 Å². The lowest BCUT2D eigenvalue weighted by Gasteiger charge is -2.48. The summed E-state index contributed by atoms with van der Waals surface area (Å²) in [5.41, 5.74) is 1.63. The molecule has 0 amide bonds. The number of hydrogen-bond acceptors (Lipinski definition) is 6. The molecular weight excluding hydrogens is 368 g/mol. The highest BCUT2D eigenvalue weighted by Crippen LogP contribution is 2.39. The number of aliphatic hydroxyl groups excluding tert-OH is 4. The molecule has 23 heavy (non-hydrogen) atoms. The van der Waals surface area contributed by atoms with Gasteiger partial charge in [0.15, 0.2) is 0 Å². The van der Waals surface area contributed by atoms with Crippen molar-refractivity contribution in [3.8, 4) is 0 Å². The second-order valence-corrected chi connectivity index (χ2v) is 6.76. The molecule has 1 heterocycles. The first-order valence-electron chi connectivity index (χ1n) is 7.75. The molecule has 1 fully saturated rings. The number of ether oxygens (including phenoxy) is 1. The zero-order chi connectivity index (χ0) is 17.7. The average Bonchev–Trinajstić information content (AvgIpc) is 2.56. The van der Waals surface area contributed by atoms with Crippen molar-refractivity contribution >= 4 is 22.0 Å². The summed E-state index contributed by atoms with van der Waals surface area (Å²) in [6.07, 6.45) is -3.47. The zero-order valence-corrected chi connectivity index (χ0v) is 13.7. The molecule has 1 aromatic carbocycles. The molecular formula is C16H19BrO6. The van der Waals surface area contributed by atoms with E-state index < -0.39 is 42.7 Å². The van der Waals surface area contributed by atoms with Gasteiger partial charge >= 0.3 is 0 Å². The third-order valence-corrected chi connectivity index (χ3v) is 4.87. The van der Waals surface area contributed by atoms with Crippen LogP contribution in [0.5, 0.6) is 0 Å². The van der Waals surface area contributed by atoms with Gasteiger partial charge in [-0.1, -0.05) is 34.1 Å². The van der Waals surface area contributed by atoms with Gasteiger partial charge < -0.3 is 30.3 Å². The number of hydrogen-bond donors (Lipinski definition) is 5. The molecule has 1 aliphatic carbocycles. The summed E-state index contributed by atoms with van der Waals surface area (Å²) in [7, 11) is 0. The summed E-state index contributed by atoms with van der Waals surface area (Å²) in [6, 6.07) is 5.46. The lowest BCUT2D eigenvalue weighted by Crippen LogP contribution is -2.67. The smallest absolute Gasteiger partial charge is 0.201 e. The van der Waals surface area contributed by atoms with Crippen molar-refractivity contribution in [1.29, 1.82) is 0 Å². The van der Waals surface area contributed by atoms with Crippen LogP contribution >= 0.6 is 15.9 Å². The largest absolute Gasteiger partial charge is 0.394 e. The molecule has 1 saturated heterocycles. The maximum atomic E-state index is 10.9. The maximum Gasteiger partial charge on any atom is 0.201 e. The van der Waals surface area contributed by atoms with Gasteiger partial charge in [-0.2, -0.15) is 0 Å². The topological polar surface area (TPSA) is 110 Å². The van der Waals surface area contributed by atoms with Crippen LogP contribution in [0, 0.1) is 5.89 Å². The van der Waals surface area contributed by atoms with E-state index in [0.29, 0.717) is 0 Å². The van der Waals surface area contributed by atoms with Gasteiger partial charge in [-0.3, -0.25) is 0 Å². The lowest BCUT2D eigenvalue weighted by molar-refractivity contribution is -0.362. The number of aliphatic hydroxyl groups is 5. The Kier molecular flexibility index (Phi) is 4.27. The standard InChI is InChI=1S/C16H19BrO6/c17-11-4-2-8-5-10(3-1-9(8)6-11)16(22)15(21)14(20)13(19)12(7-18)23-16/h1-4,6,10,12-15,18-22H,5,7H2/t10?,12-,13+,14+,15-,16?/m1/s1/i10D. The molecule has 0 radical (unpaired) electrons. The van der Waals surface area contributed by atoms with Gasteiger partial charge in [0.25, 0.3) is 0 Å². The predicted molar refractivity (Wildman–Crippen MR) is 85.3 cm³/mol. The minimum atomic E-state index is -2.49. The predicted octanol–water partition coefficient (Wildman–Crippen LogP) is -0.203. The van der Waals surface area contributed by atoms with Gasteiger partial charge in [0.05, 0.1) is 6.61 Å². The average molecular weight is 388 g/mol. The Morgan fingerprint density at radius 1 is 1.30 bits per heavy atom. The van der Waals surface area contributed by atoms with Crippen molar-refractivity contribution in [1.82, 2.24) is 0 Å². The fraction of sp³-hybridized carbons (Fsp3) is 0.500. The zero-order valence-electron chi connectivity index (χ0n) is 13.1. The summed E-state index contributed by atoms with van der Waals surface area (Å²) in [5, 5.41) is 50.3.